The number of hydrogen-bond acceptors (Lipinski definition) is 15. The van der Waals surface area contributed by atoms with Gasteiger partial charge in [-0.3, -0.25) is 9.11 Å². The fourth-order valence-electron chi connectivity index (χ4n) is 3.47. The standard InChI is InChI=1S/C20H14Cl2N8O10S3/c21-17-26-18(22)28-20(27-17)24-9-1-2-12(13(5-9)25-19(23)31)29-30-14-7-11-8(4-16(14)43(36,37)38)3-10(41-40-39-32)6-15(11)42(33,34)35/h1-7,32H,(H3,23,25,31)(H,33,34,35)(H,36,37,38)(H,24,26,27,28). The Labute approximate surface area is 254 Å². The Kier molecular flexibility index (Phi) is 9.60. The van der Waals surface area contributed by atoms with Crippen molar-refractivity contribution in [3.05, 3.63) is 53.0 Å². The van der Waals surface area contributed by atoms with Gasteiger partial charge in [-0.15, -0.1) is 14.6 Å². The molecule has 0 radical (unpaired) electrons. The summed E-state index contributed by atoms with van der Waals surface area (Å²) in [5.41, 5.74) is 4.83. The maximum Gasteiger partial charge on any atom is 0.316 e. The number of amides is 2. The molecule has 0 fully saturated rings. The van der Waals surface area contributed by atoms with Crippen LogP contribution in [-0.2, 0) is 29.6 Å². The zero-order valence-electron chi connectivity index (χ0n) is 20.5. The van der Waals surface area contributed by atoms with Gasteiger partial charge >= 0.3 is 6.03 Å². The number of carbonyl (C=O) groups is 1. The van der Waals surface area contributed by atoms with Crippen LogP contribution in [0.5, 0.6) is 0 Å². The van der Waals surface area contributed by atoms with Gasteiger partial charge in [0.05, 0.1) is 17.7 Å². The zero-order valence-corrected chi connectivity index (χ0v) is 24.5. The molecular formula is C20H14Cl2N8O10S3. The van der Waals surface area contributed by atoms with Gasteiger partial charge in [-0.1, -0.05) is 5.04 Å². The van der Waals surface area contributed by atoms with Crippen molar-refractivity contribution in [3.63, 3.8) is 0 Å². The van der Waals surface area contributed by atoms with Gasteiger partial charge < -0.3 is 16.4 Å². The molecular weight excluding hydrogens is 679 g/mol. The molecule has 0 aliphatic carbocycles. The van der Waals surface area contributed by atoms with Crippen molar-refractivity contribution in [3.8, 4) is 0 Å². The van der Waals surface area contributed by atoms with Gasteiger partial charge in [0, 0.05) is 16.0 Å². The van der Waals surface area contributed by atoms with Crippen LogP contribution in [0.2, 0.25) is 10.6 Å². The van der Waals surface area contributed by atoms with Crippen LogP contribution in [-0.4, -0.2) is 52.2 Å². The minimum atomic E-state index is -4.99. The van der Waals surface area contributed by atoms with Crippen LogP contribution in [0.1, 0.15) is 0 Å². The molecule has 7 N–H and O–H groups in total. The molecule has 2 amide bonds. The third-order valence-corrected chi connectivity index (χ3v) is 7.71. The number of carbonyl (C=O) groups excluding carboxylic acids is 1. The maximum atomic E-state index is 12.2. The number of fused-ring (bicyclic) bond motifs is 1. The summed E-state index contributed by atoms with van der Waals surface area (Å²) in [4.78, 5) is 21.4. The van der Waals surface area contributed by atoms with E-state index < -0.39 is 41.7 Å². The molecule has 4 aromatic rings. The Morgan fingerprint density at radius 3 is 2.16 bits per heavy atom. The molecule has 0 atom stereocenters. The van der Waals surface area contributed by atoms with Crippen molar-refractivity contribution in [2.24, 2.45) is 16.0 Å². The Morgan fingerprint density at radius 1 is 0.907 bits per heavy atom. The third kappa shape index (κ3) is 8.20. The van der Waals surface area contributed by atoms with E-state index in [1.807, 2.05) is 0 Å². The average Bonchev–Trinajstić information content (AvgIpc) is 2.88. The highest BCUT2D eigenvalue weighted by molar-refractivity contribution is 7.94. The lowest BCUT2D eigenvalue weighted by Gasteiger charge is -2.11. The lowest BCUT2D eigenvalue weighted by Crippen LogP contribution is -2.19. The number of nitrogens with two attached hydrogens (primary N) is 1. The molecule has 0 aliphatic rings. The number of azo groups is 1. The van der Waals surface area contributed by atoms with E-state index in [1.165, 1.54) is 24.3 Å². The third-order valence-electron chi connectivity index (χ3n) is 5.04. The van der Waals surface area contributed by atoms with Crippen LogP contribution >= 0.6 is 35.2 Å². The summed E-state index contributed by atoms with van der Waals surface area (Å²) in [5, 5.41) is 23.9. The van der Waals surface area contributed by atoms with E-state index in [2.05, 4.69) is 45.2 Å². The van der Waals surface area contributed by atoms with Gasteiger partial charge in [0.25, 0.3) is 20.2 Å². The van der Waals surface area contributed by atoms with Crippen molar-refractivity contribution < 1.29 is 45.4 Å². The Bertz CT molecular complexity index is 1980. The largest absolute Gasteiger partial charge is 0.351 e. The first-order valence-corrected chi connectivity index (χ1v) is 15.2. The van der Waals surface area contributed by atoms with Crippen molar-refractivity contribution in [1.29, 1.82) is 0 Å². The van der Waals surface area contributed by atoms with E-state index in [0.717, 1.165) is 18.2 Å². The van der Waals surface area contributed by atoms with E-state index in [9.17, 15) is 30.7 Å². The summed E-state index contributed by atoms with van der Waals surface area (Å²) in [6.07, 6.45) is 0. The number of halogens is 2. The van der Waals surface area contributed by atoms with E-state index >= 15 is 0 Å². The number of urea groups is 1. The fourth-order valence-corrected chi connectivity index (χ4v) is 5.73. The number of benzene rings is 3. The van der Waals surface area contributed by atoms with E-state index in [4.69, 9.17) is 34.2 Å². The molecule has 1 heterocycles. The van der Waals surface area contributed by atoms with Gasteiger partial charge in [-0.25, -0.2) is 10.1 Å². The fraction of sp³-hybridized carbons (Fsp3) is 0. The highest BCUT2D eigenvalue weighted by atomic mass is 35.5. The molecule has 18 nitrogen and oxygen atoms in total. The molecule has 0 spiro atoms. The molecule has 3 aromatic carbocycles. The highest BCUT2D eigenvalue weighted by Crippen LogP contribution is 2.38. The molecule has 226 valence electrons. The summed E-state index contributed by atoms with van der Waals surface area (Å²) in [5.74, 6) is -0.0509. The summed E-state index contributed by atoms with van der Waals surface area (Å²) >= 11 is 11.9. The minimum Gasteiger partial charge on any atom is -0.351 e. The molecule has 0 aliphatic heterocycles. The summed E-state index contributed by atoms with van der Waals surface area (Å²) in [6.45, 7) is 0. The van der Waals surface area contributed by atoms with Crippen LogP contribution in [0.25, 0.3) is 10.8 Å². The quantitative estimate of drug-likeness (QED) is 0.0423. The zero-order chi connectivity index (χ0) is 31.5. The van der Waals surface area contributed by atoms with Gasteiger partial charge in [0.1, 0.15) is 21.2 Å². The Balaban J connectivity index is 1.83. The van der Waals surface area contributed by atoms with Crippen molar-refractivity contribution in [2.45, 2.75) is 14.7 Å². The molecule has 0 bridgehead atoms. The Hall–Kier alpha value is -3.77. The predicted molar refractivity (Wildman–Crippen MR) is 151 cm³/mol. The number of rotatable bonds is 10. The lowest BCUT2D eigenvalue weighted by atomic mass is 10.1. The smallest absolute Gasteiger partial charge is 0.316 e. The maximum absolute atomic E-state index is 12.2. The molecule has 43 heavy (non-hydrogen) atoms. The number of nitrogens with one attached hydrogen (secondary N) is 2. The molecule has 0 saturated carbocycles. The predicted octanol–water partition coefficient (Wildman–Crippen LogP) is 4.90. The topological polar surface area (TPSA) is 278 Å². The highest BCUT2D eigenvalue weighted by Gasteiger charge is 2.23. The number of anilines is 3. The van der Waals surface area contributed by atoms with Gasteiger partial charge in [0.2, 0.25) is 16.5 Å². The van der Waals surface area contributed by atoms with Gasteiger partial charge in [-0.05, 0) is 71.1 Å². The van der Waals surface area contributed by atoms with E-state index in [0.29, 0.717) is 12.0 Å². The summed E-state index contributed by atoms with van der Waals surface area (Å²) in [7, 11) is -9.91. The Morgan fingerprint density at radius 2 is 1.56 bits per heavy atom. The number of hydrogen-bond donors (Lipinski definition) is 6. The SMILES string of the molecule is NC(=O)Nc1cc(Nc2nc(Cl)nc(Cl)n2)ccc1N=Nc1cc2c(S(=O)(=O)O)cc(SOOO)cc2cc1S(=O)(=O)O. The van der Waals surface area contributed by atoms with Crippen LogP contribution < -0.4 is 16.4 Å². The van der Waals surface area contributed by atoms with Gasteiger partial charge in [0.15, 0.2) is 0 Å². The first-order chi connectivity index (χ1) is 20.1. The van der Waals surface area contributed by atoms with Gasteiger partial charge in [-0.2, -0.15) is 31.8 Å². The molecule has 0 unspecified atom stereocenters. The lowest BCUT2D eigenvalue weighted by molar-refractivity contribution is -0.432. The number of aromatic nitrogens is 3. The molecule has 1 aromatic heterocycles. The van der Waals surface area contributed by atoms with E-state index in [1.54, 1.807) is 0 Å². The monoisotopic (exact) mass is 692 g/mol. The number of nitrogens with zero attached hydrogens (tertiary/aromatic N) is 5. The molecule has 4 rings (SSSR count). The summed E-state index contributed by atoms with van der Waals surface area (Å²) in [6, 6.07) is 6.97. The summed E-state index contributed by atoms with van der Waals surface area (Å²) < 4.78 is 72.6. The molecule has 23 heteroatoms. The number of primary amides is 1. The second kappa shape index (κ2) is 12.8. The first-order valence-electron chi connectivity index (χ1n) is 10.8. The second-order valence-corrected chi connectivity index (χ2v) is 12.1. The van der Waals surface area contributed by atoms with E-state index in [-0.39, 0.29) is 49.2 Å². The van der Waals surface area contributed by atoms with Crippen molar-refractivity contribution in [1.82, 2.24) is 15.0 Å². The van der Waals surface area contributed by atoms with Crippen LogP contribution in [0, 0.1) is 0 Å². The molecule has 0 saturated heterocycles. The first kappa shape index (κ1) is 32.2. The van der Waals surface area contributed by atoms with Crippen molar-refractivity contribution in [2.75, 3.05) is 10.6 Å². The van der Waals surface area contributed by atoms with Crippen LogP contribution in [0.4, 0.5) is 33.5 Å². The average molecular weight is 693 g/mol. The van der Waals surface area contributed by atoms with Crippen LogP contribution in [0.3, 0.4) is 0 Å². The van der Waals surface area contributed by atoms with Crippen molar-refractivity contribution >= 4 is 101 Å². The normalized spacial score (nSPS) is 12.1. The second-order valence-electron chi connectivity index (χ2n) is 7.88. The minimum absolute atomic E-state index is 0.0481. The van der Waals surface area contributed by atoms with Crippen LogP contribution in [0.15, 0.2) is 67.4 Å².